The average molecular weight is 319 g/mol. The zero-order valence-electron chi connectivity index (χ0n) is 12.2. The van der Waals surface area contributed by atoms with Gasteiger partial charge in [0, 0.05) is 21.9 Å². The fraction of sp³-hybridized carbons (Fsp3) is 0.353. The minimum Gasteiger partial charge on any atom is -0.481 e. The van der Waals surface area contributed by atoms with Crippen LogP contribution in [-0.2, 0) is 11.3 Å². The normalized spacial score (nSPS) is 16.8. The van der Waals surface area contributed by atoms with Gasteiger partial charge in [-0.3, -0.25) is 9.69 Å². The zero-order chi connectivity index (χ0) is 15.5. The molecule has 1 aromatic heterocycles. The minimum atomic E-state index is -0.683. The molecule has 0 bridgehead atoms. The van der Waals surface area contributed by atoms with Crippen LogP contribution in [0, 0.1) is 11.7 Å². The highest BCUT2D eigenvalue weighted by atomic mass is 32.1. The van der Waals surface area contributed by atoms with E-state index in [9.17, 15) is 9.18 Å². The van der Waals surface area contributed by atoms with Crippen molar-refractivity contribution in [2.24, 2.45) is 5.92 Å². The van der Waals surface area contributed by atoms with Crippen LogP contribution in [0.4, 0.5) is 4.39 Å². The summed E-state index contributed by atoms with van der Waals surface area (Å²) in [6, 6.07) is 10.8. The quantitative estimate of drug-likeness (QED) is 0.930. The molecule has 0 atom stereocenters. The molecule has 1 aliphatic heterocycles. The van der Waals surface area contributed by atoms with Crippen LogP contribution in [0.25, 0.3) is 10.4 Å². The van der Waals surface area contributed by atoms with E-state index in [2.05, 4.69) is 4.90 Å². The zero-order valence-corrected chi connectivity index (χ0v) is 13.0. The van der Waals surface area contributed by atoms with E-state index >= 15 is 0 Å². The van der Waals surface area contributed by atoms with E-state index in [4.69, 9.17) is 5.11 Å². The number of rotatable bonds is 4. The second kappa shape index (κ2) is 6.58. The maximum absolute atomic E-state index is 13.8. The Balaban J connectivity index is 1.63. The minimum absolute atomic E-state index is 0.196. The number of thiophene rings is 1. The first-order valence-electron chi connectivity index (χ1n) is 7.42. The van der Waals surface area contributed by atoms with Crippen molar-refractivity contribution in [3.63, 3.8) is 0 Å². The number of halogens is 1. The molecule has 116 valence electrons. The van der Waals surface area contributed by atoms with Crippen molar-refractivity contribution in [2.75, 3.05) is 13.1 Å². The van der Waals surface area contributed by atoms with E-state index in [1.807, 2.05) is 18.2 Å². The molecule has 1 N–H and O–H groups in total. The van der Waals surface area contributed by atoms with Gasteiger partial charge in [-0.15, -0.1) is 11.3 Å². The van der Waals surface area contributed by atoms with Gasteiger partial charge < -0.3 is 5.11 Å². The first kappa shape index (κ1) is 15.2. The van der Waals surface area contributed by atoms with Crippen molar-refractivity contribution in [2.45, 2.75) is 19.4 Å². The Morgan fingerprint density at radius 1 is 1.23 bits per heavy atom. The van der Waals surface area contributed by atoms with Crippen molar-refractivity contribution in [3.8, 4) is 10.4 Å². The van der Waals surface area contributed by atoms with E-state index in [1.165, 1.54) is 10.9 Å². The molecule has 0 unspecified atom stereocenters. The van der Waals surface area contributed by atoms with Gasteiger partial charge in [-0.1, -0.05) is 18.2 Å². The van der Waals surface area contributed by atoms with Crippen LogP contribution in [0.5, 0.6) is 0 Å². The molecular weight excluding hydrogens is 301 g/mol. The van der Waals surface area contributed by atoms with Gasteiger partial charge in [-0.25, -0.2) is 4.39 Å². The number of benzene rings is 1. The first-order chi connectivity index (χ1) is 10.6. The van der Waals surface area contributed by atoms with Crippen molar-refractivity contribution < 1.29 is 14.3 Å². The highest BCUT2D eigenvalue weighted by Gasteiger charge is 2.24. The Morgan fingerprint density at radius 2 is 1.95 bits per heavy atom. The van der Waals surface area contributed by atoms with E-state index in [0.717, 1.165) is 24.5 Å². The third-order valence-corrected chi connectivity index (χ3v) is 5.22. The van der Waals surface area contributed by atoms with Crippen molar-refractivity contribution in [3.05, 3.63) is 47.1 Å². The molecule has 3 nitrogen and oxygen atoms in total. The van der Waals surface area contributed by atoms with Crippen LogP contribution in [0.15, 0.2) is 36.4 Å². The number of carboxylic acid groups (broad SMARTS) is 1. The summed E-state index contributed by atoms with van der Waals surface area (Å²) in [6.07, 6.45) is 1.42. The fourth-order valence-corrected chi connectivity index (χ4v) is 3.90. The molecule has 0 spiro atoms. The van der Waals surface area contributed by atoms with Crippen LogP contribution in [0.2, 0.25) is 0 Å². The van der Waals surface area contributed by atoms with Crippen LogP contribution in [0.1, 0.15) is 17.7 Å². The molecule has 1 aromatic carbocycles. The van der Waals surface area contributed by atoms with Crippen LogP contribution >= 0.6 is 11.3 Å². The molecular formula is C17H18FNO2S. The van der Waals surface area contributed by atoms with Gasteiger partial charge in [-0.05, 0) is 44.1 Å². The molecule has 5 heteroatoms. The van der Waals surface area contributed by atoms with Crippen molar-refractivity contribution in [1.82, 2.24) is 4.90 Å². The summed E-state index contributed by atoms with van der Waals surface area (Å²) >= 11 is 1.60. The SMILES string of the molecule is O=C(O)C1CCN(Cc2ccc(-c3ccccc3F)s2)CC1. The molecule has 1 saturated heterocycles. The fourth-order valence-electron chi connectivity index (χ4n) is 2.83. The van der Waals surface area contributed by atoms with Crippen molar-refractivity contribution in [1.29, 1.82) is 0 Å². The predicted octanol–water partition coefficient (Wildman–Crippen LogP) is 3.85. The molecule has 0 amide bonds. The number of piperidine rings is 1. The monoisotopic (exact) mass is 319 g/mol. The Labute approximate surface area is 133 Å². The number of nitrogens with zero attached hydrogens (tertiary/aromatic N) is 1. The summed E-state index contributed by atoms with van der Waals surface area (Å²) in [6.45, 7) is 2.43. The van der Waals surface area contributed by atoms with E-state index in [-0.39, 0.29) is 11.7 Å². The molecule has 0 radical (unpaired) electrons. The lowest BCUT2D eigenvalue weighted by Gasteiger charge is -2.29. The molecule has 0 saturated carbocycles. The summed E-state index contributed by atoms with van der Waals surface area (Å²) in [4.78, 5) is 15.4. The lowest BCUT2D eigenvalue weighted by Crippen LogP contribution is -2.35. The van der Waals surface area contributed by atoms with Gasteiger partial charge in [0.15, 0.2) is 0 Å². The first-order valence-corrected chi connectivity index (χ1v) is 8.24. The molecule has 0 aliphatic carbocycles. The summed E-state index contributed by atoms with van der Waals surface area (Å²) in [7, 11) is 0. The molecule has 3 rings (SSSR count). The van der Waals surface area contributed by atoms with Gasteiger partial charge >= 0.3 is 5.97 Å². The van der Waals surface area contributed by atoms with Crippen molar-refractivity contribution >= 4 is 17.3 Å². The lowest BCUT2D eigenvalue weighted by atomic mass is 9.97. The summed E-state index contributed by atoms with van der Waals surface area (Å²) in [5.41, 5.74) is 0.642. The topological polar surface area (TPSA) is 40.5 Å². The number of hydrogen-bond acceptors (Lipinski definition) is 3. The molecule has 1 aliphatic rings. The Kier molecular flexibility index (Phi) is 4.55. The smallest absolute Gasteiger partial charge is 0.306 e. The number of likely N-dealkylation sites (tertiary alicyclic amines) is 1. The summed E-state index contributed by atoms with van der Waals surface area (Å²) in [5.74, 6) is -1.08. The Bertz CT molecular complexity index is 662. The lowest BCUT2D eigenvalue weighted by molar-refractivity contribution is -0.143. The number of carboxylic acids is 1. The number of hydrogen-bond donors (Lipinski definition) is 1. The number of aliphatic carboxylic acids is 1. The maximum atomic E-state index is 13.8. The third-order valence-electron chi connectivity index (χ3n) is 4.12. The van der Waals surface area contributed by atoms with E-state index in [0.29, 0.717) is 18.4 Å². The second-order valence-corrected chi connectivity index (χ2v) is 6.80. The van der Waals surface area contributed by atoms with Gasteiger partial charge in [0.25, 0.3) is 0 Å². The molecule has 2 aromatic rings. The van der Waals surface area contributed by atoms with Gasteiger partial charge in [0.05, 0.1) is 5.92 Å². The highest BCUT2D eigenvalue weighted by molar-refractivity contribution is 7.15. The Hall–Kier alpha value is -1.72. The maximum Gasteiger partial charge on any atom is 0.306 e. The largest absolute Gasteiger partial charge is 0.481 e. The Morgan fingerprint density at radius 3 is 2.64 bits per heavy atom. The summed E-state index contributed by atoms with van der Waals surface area (Å²) < 4.78 is 13.8. The second-order valence-electron chi connectivity index (χ2n) is 5.63. The highest BCUT2D eigenvalue weighted by Crippen LogP contribution is 2.31. The average Bonchev–Trinajstić information content (AvgIpc) is 2.96. The van der Waals surface area contributed by atoms with Crippen LogP contribution in [0.3, 0.4) is 0 Å². The molecule has 2 heterocycles. The third kappa shape index (κ3) is 3.36. The standard InChI is InChI=1S/C17H18FNO2S/c18-15-4-2-1-3-14(15)16-6-5-13(22-16)11-19-9-7-12(8-10-19)17(20)21/h1-6,12H,7-11H2,(H,20,21). The van der Waals surface area contributed by atoms with Gasteiger partial charge in [-0.2, -0.15) is 0 Å². The van der Waals surface area contributed by atoms with E-state index < -0.39 is 5.97 Å². The van der Waals surface area contributed by atoms with Crippen LogP contribution in [-0.4, -0.2) is 29.1 Å². The van der Waals surface area contributed by atoms with E-state index in [1.54, 1.807) is 23.5 Å². The summed E-state index contributed by atoms with van der Waals surface area (Å²) in [5, 5.41) is 9.02. The number of carbonyl (C=O) groups is 1. The van der Waals surface area contributed by atoms with Gasteiger partial charge in [0.1, 0.15) is 5.82 Å². The predicted molar refractivity (Wildman–Crippen MR) is 85.3 cm³/mol. The van der Waals surface area contributed by atoms with Gasteiger partial charge in [0.2, 0.25) is 0 Å². The molecule has 22 heavy (non-hydrogen) atoms. The van der Waals surface area contributed by atoms with Crippen LogP contribution < -0.4 is 0 Å². The molecule has 1 fully saturated rings.